The molecule has 0 spiro atoms. The van der Waals surface area contributed by atoms with Crippen LogP contribution in [0.15, 0.2) is 0 Å². The molecule has 116 valence electrons. The van der Waals surface area contributed by atoms with Gasteiger partial charge in [0.1, 0.15) is 0 Å². The van der Waals surface area contributed by atoms with Crippen LogP contribution in [0.25, 0.3) is 0 Å². The van der Waals surface area contributed by atoms with Crippen molar-refractivity contribution < 1.29 is 4.79 Å². The number of nitrogens with zero attached hydrogens (tertiary/aromatic N) is 1. The molecule has 0 aromatic heterocycles. The number of piperidine rings is 1. The minimum absolute atomic E-state index is 0.242. The van der Waals surface area contributed by atoms with Gasteiger partial charge in [-0.1, -0.05) is 13.8 Å². The lowest BCUT2D eigenvalue weighted by atomic mass is 9.85. The molecule has 2 aliphatic rings. The third kappa shape index (κ3) is 4.45. The molecule has 0 aliphatic carbocycles. The van der Waals surface area contributed by atoms with E-state index in [0.29, 0.717) is 24.3 Å². The Morgan fingerprint density at radius 1 is 1.40 bits per heavy atom. The van der Waals surface area contributed by atoms with E-state index < -0.39 is 0 Å². The Kier molecular flexibility index (Phi) is 6.30. The zero-order valence-corrected chi connectivity index (χ0v) is 13.2. The van der Waals surface area contributed by atoms with Crippen LogP contribution in [0, 0.1) is 11.8 Å². The fourth-order valence-electron chi connectivity index (χ4n) is 3.67. The molecule has 2 N–H and O–H groups in total. The smallest absolute Gasteiger partial charge is 0.220 e. The minimum Gasteiger partial charge on any atom is -0.355 e. The summed E-state index contributed by atoms with van der Waals surface area (Å²) in [6.07, 6.45) is 5.72. The molecule has 20 heavy (non-hydrogen) atoms. The maximum absolute atomic E-state index is 12.1. The molecule has 4 heteroatoms. The highest BCUT2D eigenvalue weighted by atomic mass is 16.1. The molecule has 0 saturated carbocycles. The third-order valence-electron chi connectivity index (χ3n) is 5.09. The number of rotatable bonds is 6. The molecule has 4 nitrogen and oxygen atoms in total. The van der Waals surface area contributed by atoms with Crippen LogP contribution in [-0.4, -0.2) is 49.6 Å². The predicted molar refractivity (Wildman–Crippen MR) is 82.7 cm³/mol. The van der Waals surface area contributed by atoms with Crippen molar-refractivity contribution in [2.75, 3.05) is 32.7 Å². The number of amides is 1. The number of hydrogen-bond donors (Lipinski definition) is 2. The van der Waals surface area contributed by atoms with Crippen LogP contribution in [0.4, 0.5) is 0 Å². The minimum atomic E-state index is 0.242. The molecule has 1 amide bonds. The molecule has 2 saturated heterocycles. The van der Waals surface area contributed by atoms with E-state index >= 15 is 0 Å². The molecule has 0 bridgehead atoms. The van der Waals surface area contributed by atoms with Gasteiger partial charge in [-0.05, 0) is 63.7 Å². The quantitative estimate of drug-likeness (QED) is 0.777. The van der Waals surface area contributed by atoms with Gasteiger partial charge in [-0.2, -0.15) is 0 Å². The Hall–Kier alpha value is -0.610. The summed E-state index contributed by atoms with van der Waals surface area (Å²) in [6, 6.07) is 0.565. The van der Waals surface area contributed by atoms with Gasteiger partial charge in [-0.3, -0.25) is 9.69 Å². The Bertz CT molecular complexity index is 302. The molecule has 0 aromatic rings. The number of carbonyl (C=O) groups is 1. The number of likely N-dealkylation sites (N-methyl/N-ethyl adjacent to an activating group) is 1. The Labute approximate surface area is 123 Å². The van der Waals surface area contributed by atoms with Crippen molar-refractivity contribution in [3.63, 3.8) is 0 Å². The standard InChI is InChI=1S/C16H31N3O/c1-3-19-9-5-7-15(19)12-18-16(20)10-13(2)14-6-4-8-17-11-14/h13-15,17H,3-12H2,1-2H3,(H,18,20). The van der Waals surface area contributed by atoms with Crippen molar-refractivity contribution in [3.8, 4) is 0 Å². The van der Waals surface area contributed by atoms with Crippen molar-refractivity contribution in [2.24, 2.45) is 11.8 Å². The highest BCUT2D eigenvalue weighted by Crippen LogP contribution is 2.22. The van der Waals surface area contributed by atoms with Crippen LogP contribution in [0.1, 0.15) is 46.0 Å². The normalized spacial score (nSPS) is 29.3. The van der Waals surface area contributed by atoms with Crippen LogP contribution < -0.4 is 10.6 Å². The van der Waals surface area contributed by atoms with Crippen LogP contribution in [0.2, 0.25) is 0 Å². The fourth-order valence-corrected chi connectivity index (χ4v) is 3.67. The molecule has 0 radical (unpaired) electrons. The summed E-state index contributed by atoms with van der Waals surface area (Å²) in [7, 11) is 0. The maximum Gasteiger partial charge on any atom is 0.220 e. The van der Waals surface area contributed by atoms with Crippen LogP contribution >= 0.6 is 0 Å². The first-order chi connectivity index (χ1) is 9.70. The van der Waals surface area contributed by atoms with E-state index in [1.54, 1.807) is 0 Å². The molecule has 0 aromatic carbocycles. The molecule has 3 atom stereocenters. The van der Waals surface area contributed by atoms with Crippen molar-refractivity contribution in [1.29, 1.82) is 0 Å². The second-order valence-electron chi connectivity index (χ2n) is 6.52. The van der Waals surface area contributed by atoms with Crippen LogP contribution in [0.3, 0.4) is 0 Å². The van der Waals surface area contributed by atoms with Crippen molar-refractivity contribution >= 4 is 5.91 Å². The average molecular weight is 281 g/mol. The molecule has 2 fully saturated rings. The summed E-state index contributed by atoms with van der Waals surface area (Å²) >= 11 is 0. The Morgan fingerprint density at radius 2 is 2.25 bits per heavy atom. The molecule has 2 rings (SSSR count). The summed E-state index contributed by atoms with van der Waals surface area (Å²) in [5.74, 6) is 1.41. The number of likely N-dealkylation sites (tertiary alicyclic amines) is 1. The maximum atomic E-state index is 12.1. The van der Waals surface area contributed by atoms with Gasteiger partial charge >= 0.3 is 0 Å². The van der Waals surface area contributed by atoms with Gasteiger partial charge < -0.3 is 10.6 Å². The lowest BCUT2D eigenvalue weighted by Crippen LogP contribution is -2.41. The van der Waals surface area contributed by atoms with Gasteiger partial charge in [0.05, 0.1) is 0 Å². The van der Waals surface area contributed by atoms with Gasteiger partial charge in [0.15, 0.2) is 0 Å². The Morgan fingerprint density at radius 3 is 2.95 bits per heavy atom. The lowest BCUT2D eigenvalue weighted by Gasteiger charge is -2.28. The van der Waals surface area contributed by atoms with E-state index in [0.717, 1.165) is 26.2 Å². The van der Waals surface area contributed by atoms with Crippen molar-refractivity contribution in [3.05, 3.63) is 0 Å². The molecular formula is C16H31N3O. The fraction of sp³-hybridized carbons (Fsp3) is 0.938. The molecular weight excluding hydrogens is 250 g/mol. The van der Waals surface area contributed by atoms with E-state index in [1.165, 1.54) is 32.2 Å². The summed E-state index contributed by atoms with van der Waals surface area (Å²) in [6.45, 7) is 9.79. The van der Waals surface area contributed by atoms with Crippen LogP contribution in [0.5, 0.6) is 0 Å². The van der Waals surface area contributed by atoms with Crippen molar-refractivity contribution in [1.82, 2.24) is 15.5 Å². The molecule has 3 unspecified atom stereocenters. The van der Waals surface area contributed by atoms with Gasteiger partial charge in [-0.25, -0.2) is 0 Å². The zero-order chi connectivity index (χ0) is 14.4. The number of hydrogen-bond acceptors (Lipinski definition) is 3. The summed E-state index contributed by atoms with van der Waals surface area (Å²) in [4.78, 5) is 14.6. The topological polar surface area (TPSA) is 44.4 Å². The lowest BCUT2D eigenvalue weighted by molar-refractivity contribution is -0.122. The van der Waals surface area contributed by atoms with E-state index in [1.807, 2.05) is 0 Å². The first kappa shape index (κ1) is 15.8. The number of carbonyl (C=O) groups excluding carboxylic acids is 1. The predicted octanol–water partition coefficient (Wildman–Crippen LogP) is 1.61. The molecule has 2 aliphatic heterocycles. The van der Waals surface area contributed by atoms with Gasteiger partial charge in [-0.15, -0.1) is 0 Å². The largest absolute Gasteiger partial charge is 0.355 e. The van der Waals surface area contributed by atoms with Gasteiger partial charge in [0.25, 0.3) is 0 Å². The average Bonchev–Trinajstić information content (AvgIpc) is 2.93. The highest BCUT2D eigenvalue weighted by Gasteiger charge is 2.25. The van der Waals surface area contributed by atoms with E-state index in [4.69, 9.17) is 0 Å². The summed E-state index contributed by atoms with van der Waals surface area (Å²) in [5.41, 5.74) is 0. The second kappa shape index (κ2) is 7.99. The van der Waals surface area contributed by atoms with Crippen molar-refractivity contribution in [2.45, 2.75) is 52.0 Å². The van der Waals surface area contributed by atoms with Crippen LogP contribution in [-0.2, 0) is 4.79 Å². The van der Waals surface area contributed by atoms with E-state index in [2.05, 4.69) is 29.4 Å². The number of nitrogens with one attached hydrogen (secondary N) is 2. The van der Waals surface area contributed by atoms with Gasteiger partial charge in [0, 0.05) is 19.0 Å². The highest BCUT2D eigenvalue weighted by molar-refractivity contribution is 5.76. The second-order valence-corrected chi connectivity index (χ2v) is 6.52. The van der Waals surface area contributed by atoms with E-state index in [-0.39, 0.29) is 5.91 Å². The van der Waals surface area contributed by atoms with E-state index in [9.17, 15) is 4.79 Å². The monoisotopic (exact) mass is 281 g/mol. The molecule has 2 heterocycles. The first-order valence-corrected chi connectivity index (χ1v) is 8.42. The summed E-state index contributed by atoms with van der Waals surface area (Å²) in [5, 5.41) is 6.60. The summed E-state index contributed by atoms with van der Waals surface area (Å²) < 4.78 is 0. The third-order valence-corrected chi connectivity index (χ3v) is 5.09. The van der Waals surface area contributed by atoms with Gasteiger partial charge in [0.2, 0.25) is 5.91 Å². The first-order valence-electron chi connectivity index (χ1n) is 8.42. The zero-order valence-electron chi connectivity index (χ0n) is 13.2. The SMILES string of the molecule is CCN1CCCC1CNC(=O)CC(C)C1CCCNC1. The Balaban J connectivity index is 1.66.